The summed E-state index contributed by atoms with van der Waals surface area (Å²) in [6.07, 6.45) is 2.69. The molecular weight excluding hydrogens is 256 g/mol. The highest BCUT2D eigenvalue weighted by Crippen LogP contribution is 2.39. The van der Waals surface area contributed by atoms with Gasteiger partial charge in [-0.3, -0.25) is 0 Å². The molecular formula is C16H22O4. The Hall–Kier alpha value is -1.55. The molecule has 1 aromatic rings. The van der Waals surface area contributed by atoms with Crippen molar-refractivity contribution in [3.05, 3.63) is 27.8 Å². The third kappa shape index (κ3) is 2.40. The summed E-state index contributed by atoms with van der Waals surface area (Å²) in [5, 5.41) is 20.5. The summed E-state index contributed by atoms with van der Waals surface area (Å²) in [6, 6.07) is 0. The van der Waals surface area contributed by atoms with E-state index >= 15 is 0 Å². The van der Waals surface area contributed by atoms with Gasteiger partial charge in [-0.05, 0) is 68.7 Å². The molecule has 0 saturated heterocycles. The largest absolute Gasteiger partial charge is 0.507 e. The van der Waals surface area contributed by atoms with E-state index < -0.39 is 12.1 Å². The van der Waals surface area contributed by atoms with Gasteiger partial charge in [-0.25, -0.2) is 4.79 Å². The summed E-state index contributed by atoms with van der Waals surface area (Å²) in [5.74, 6) is -0.676. The number of esters is 1. The van der Waals surface area contributed by atoms with Crippen LogP contribution in [0, 0.1) is 13.8 Å². The van der Waals surface area contributed by atoms with E-state index in [1.807, 2.05) is 13.8 Å². The molecule has 0 heterocycles. The highest BCUT2D eigenvalue weighted by Gasteiger charge is 2.29. The van der Waals surface area contributed by atoms with Crippen LogP contribution in [-0.4, -0.2) is 22.8 Å². The Labute approximate surface area is 119 Å². The van der Waals surface area contributed by atoms with Crippen molar-refractivity contribution in [2.24, 2.45) is 0 Å². The molecule has 0 bridgehead atoms. The van der Waals surface area contributed by atoms with E-state index in [4.69, 9.17) is 4.74 Å². The molecule has 0 amide bonds. The molecule has 0 fully saturated rings. The third-order valence-corrected chi connectivity index (χ3v) is 4.17. The van der Waals surface area contributed by atoms with Crippen molar-refractivity contribution < 1.29 is 19.7 Å². The van der Waals surface area contributed by atoms with E-state index in [9.17, 15) is 15.0 Å². The van der Waals surface area contributed by atoms with Gasteiger partial charge in [0.05, 0.1) is 6.61 Å². The van der Waals surface area contributed by atoms with Crippen LogP contribution in [0.2, 0.25) is 0 Å². The van der Waals surface area contributed by atoms with Gasteiger partial charge in [-0.1, -0.05) is 0 Å². The van der Waals surface area contributed by atoms with E-state index in [-0.39, 0.29) is 12.4 Å². The van der Waals surface area contributed by atoms with Crippen molar-refractivity contribution in [3.63, 3.8) is 0 Å². The van der Waals surface area contributed by atoms with Gasteiger partial charge in [-0.15, -0.1) is 0 Å². The molecule has 4 heteroatoms. The quantitative estimate of drug-likeness (QED) is 0.834. The van der Waals surface area contributed by atoms with Crippen LogP contribution in [0.1, 0.15) is 53.7 Å². The van der Waals surface area contributed by atoms with E-state index in [0.717, 1.165) is 36.8 Å². The maximum absolute atomic E-state index is 11.7. The topological polar surface area (TPSA) is 66.8 Å². The van der Waals surface area contributed by atoms with Crippen LogP contribution in [0.25, 0.3) is 0 Å². The second-order valence-electron chi connectivity index (χ2n) is 5.33. The van der Waals surface area contributed by atoms with E-state index in [1.54, 1.807) is 6.92 Å². The Kier molecular flexibility index (Phi) is 4.33. The van der Waals surface area contributed by atoms with Crippen molar-refractivity contribution in [3.8, 4) is 5.75 Å². The van der Waals surface area contributed by atoms with Gasteiger partial charge >= 0.3 is 5.97 Å². The normalized spacial score (nSPS) is 15.6. The van der Waals surface area contributed by atoms with Crippen molar-refractivity contribution in [2.75, 3.05) is 6.61 Å². The average Bonchev–Trinajstić information content (AvgIpc) is 2.45. The summed E-state index contributed by atoms with van der Waals surface area (Å²) < 4.78 is 4.85. The minimum Gasteiger partial charge on any atom is -0.507 e. The van der Waals surface area contributed by atoms with Gasteiger partial charge in [0.2, 0.25) is 0 Å². The molecule has 0 aromatic heterocycles. The Morgan fingerprint density at radius 2 is 1.75 bits per heavy atom. The van der Waals surface area contributed by atoms with Gasteiger partial charge in [0.25, 0.3) is 0 Å². The zero-order valence-corrected chi connectivity index (χ0v) is 12.3. The number of ether oxygens (including phenoxy) is 1. The number of benzene rings is 1. The van der Waals surface area contributed by atoms with E-state index in [1.165, 1.54) is 11.1 Å². The maximum Gasteiger partial charge on any atom is 0.339 e. The summed E-state index contributed by atoms with van der Waals surface area (Å²) in [5.41, 5.74) is 4.25. The predicted octanol–water partition coefficient (Wildman–Crippen LogP) is 2.48. The molecule has 0 spiro atoms. The first-order valence-corrected chi connectivity index (χ1v) is 7.17. The van der Waals surface area contributed by atoms with Crippen LogP contribution < -0.4 is 0 Å². The smallest absolute Gasteiger partial charge is 0.339 e. The van der Waals surface area contributed by atoms with Gasteiger partial charge < -0.3 is 14.9 Å². The Balaban J connectivity index is 2.53. The van der Waals surface area contributed by atoms with Gasteiger partial charge in [0.1, 0.15) is 5.75 Å². The highest BCUT2D eigenvalue weighted by molar-refractivity contribution is 5.79. The molecule has 1 aliphatic rings. The van der Waals surface area contributed by atoms with Crippen LogP contribution in [0.5, 0.6) is 5.75 Å². The zero-order chi connectivity index (χ0) is 14.9. The van der Waals surface area contributed by atoms with Gasteiger partial charge in [-0.2, -0.15) is 0 Å². The second kappa shape index (κ2) is 5.83. The molecule has 2 N–H and O–H groups in total. The number of aromatic hydroxyl groups is 1. The monoisotopic (exact) mass is 278 g/mol. The number of rotatable bonds is 3. The first-order valence-electron chi connectivity index (χ1n) is 7.17. The molecule has 1 aromatic carbocycles. The first-order chi connectivity index (χ1) is 9.49. The standard InChI is InChI=1S/C16H22O4/c1-4-20-16(19)15(18)13-9(2)11-7-5-6-8-12(11)10(3)14(13)17/h15,17-18H,4-8H2,1-3H3. The molecule has 4 nitrogen and oxygen atoms in total. The summed E-state index contributed by atoms with van der Waals surface area (Å²) in [6.45, 7) is 5.61. The lowest BCUT2D eigenvalue weighted by atomic mass is 9.82. The lowest BCUT2D eigenvalue weighted by Crippen LogP contribution is -2.19. The van der Waals surface area contributed by atoms with Crippen molar-refractivity contribution >= 4 is 5.97 Å². The lowest BCUT2D eigenvalue weighted by molar-refractivity contribution is -0.153. The molecule has 1 unspecified atom stereocenters. The van der Waals surface area contributed by atoms with E-state index in [0.29, 0.717) is 5.56 Å². The predicted molar refractivity (Wildman–Crippen MR) is 75.8 cm³/mol. The van der Waals surface area contributed by atoms with Crippen LogP contribution >= 0.6 is 0 Å². The number of hydrogen-bond acceptors (Lipinski definition) is 4. The van der Waals surface area contributed by atoms with Gasteiger partial charge in [0.15, 0.2) is 6.10 Å². The number of phenols is 1. The Morgan fingerprint density at radius 1 is 1.20 bits per heavy atom. The maximum atomic E-state index is 11.7. The number of phenolic OH excluding ortho intramolecular Hbond substituents is 1. The van der Waals surface area contributed by atoms with Gasteiger partial charge in [0, 0.05) is 5.56 Å². The number of fused-ring (bicyclic) bond motifs is 1. The number of aliphatic hydroxyl groups is 1. The van der Waals surface area contributed by atoms with Crippen LogP contribution in [-0.2, 0) is 22.4 Å². The molecule has 20 heavy (non-hydrogen) atoms. The van der Waals surface area contributed by atoms with Crippen molar-refractivity contribution in [2.45, 2.75) is 52.6 Å². The number of hydrogen-bond donors (Lipinski definition) is 2. The Morgan fingerprint density at radius 3 is 2.30 bits per heavy atom. The molecule has 0 saturated carbocycles. The summed E-state index contributed by atoms with van der Waals surface area (Å²) in [4.78, 5) is 11.7. The minimum atomic E-state index is -1.42. The third-order valence-electron chi connectivity index (χ3n) is 4.17. The number of aliphatic hydroxyl groups excluding tert-OH is 1. The van der Waals surface area contributed by atoms with Crippen molar-refractivity contribution in [1.29, 1.82) is 0 Å². The second-order valence-corrected chi connectivity index (χ2v) is 5.33. The SMILES string of the molecule is CCOC(=O)C(O)c1c(C)c2c(c(C)c1O)CCCC2. The molecule has 0 radical (unpaired) electrons. The fraction of sp³-hybridized carbons (Fsp3) is 0.562. The fourth-order valence-electron chi connectivity index (χ4n) is 3.09. The average molecular weight is 278 g/mol. The van der Waals surface area contributed by atoms with Crippen LogP contribution in [0.3, 0.4) is 0 Å². The fourth-order valence-corrected chi connectivity index (χ4v) is 3.09. The van der Waals surface area contributed by atoms with Crippen LogP contribution in [0.15, 0.2) is 0 Å². The first kappa shape index (κ1) is 14.9. The number of carbonyl (C=O) groups is 1. The highest BCUT2D eigenvalue weighted by atomic mass is 16.5. The summed E-state index contributed by atoms with van der Waals surface area (Å²) >= 11 is 0. The minimum absolute atomic E-state index is 0.0312. The summed E-state index contributed by atoms with van der Waals surface area (Å²) in [7, 11) is 0. The molecule has 1 aliphatic carbocycles. The number of carbonyl (C=O) groups excluding carboxylic acids is 1. The molecule has 110 valence electrons. The Bertz CT molecular complexity index is 534. The van der Waals surface area contributed by atoms with Crippen LogP contribution in [0.4, 0.5) is 0 Å². The lowest BCUT2D eigenvalue weighted by Gasteiger charge is -2.25. The van der Waals surface area contributed by atoms with Crippen molar-refractivity contribution in [1.82, 2.24) is 0 Å². The van der Waals surface area contributed by atoms with E-state index in [2.05, 4.69) is 0 Å². The molecule has 2 rings (SSSR count). The molecule has 0 aliphatic heterocycles. The zero-order valence-electron chi connectivity index (χ0n) is 12.3. The molecule has 1 atom stereocenters.